The normalized spacial score (nSPS) is 23.4. The molecule has 1 aliphatic heterocycles. The maximum atomic E-state index is 11.7. The van der Waals surface area contributed by atoms with Gasteiger partial charge in [0, 0.05) is 31.2 Å². The summed E-state index contributed by atoms with van der Waals surface area (Å²) in [6.45, 7) is 10.6. The van der Waals surface area contributed by atoms with Crippen LogP contribution in [0.15, 0.2) is 0 Å². The van der Waals surface area contributed by atoms with Crippen molar-refractivity contribution in [3.05, 3.63) is 0 Å². The predicted molar refractivity (Wildman–Crippen MR) is 57.3 cm³/mol. The number of urea groups is 1. The highest BCUT2D eigenvalue weighted by molar-refractivity contribution is 5.75. The summed E-state index contributed by atoms with van der Waals surface area (Å²) in [5.74, 6) is 0. The SMILES string of the molecule is CC1CN(C(=O)NC(C)(C)C)CCN1. The number of hydrogen-bond acceptors (Lipinski definition) is 2. The topological polar surface area (TPSA) is 44.4 Å². The largest absolute Gasteiger partial charge is 0.333 e. The number of amides is 2. The lowest BCUT2D eigenvalue weighted by molar-refractivity contribution is 0.171. The summed E-state index contributed by atoms with van der Waals surface area (Å²) in [4.78, 5) is 13.6. The molecule has 0 spiro atoms. The Morgan fingerprint density at radius 2 is 2.14 bits per heavy atom. The molecule has 1 unspecified atom stereocenters. The molecule has 1 rings (SSSR count). The fourth-order valence-corrected chi connectivity index (χ4v) is 1.52. The van der Waals surface area contributed by atoms with Gasteiger partial charge in [-0.1, -0.05) is 0 Å². The van der Waals surface area contributed by atoms with E-state index in [1.165, 1.54) is 0 Å². The van der Waals surface area contributed by atoms with Gasteiger partial charge in [-0.3, -0.25) is 0 Å². The van der Waals surface area contributed by atoms with Crippen LogP contribution in [-0.4, -0.2) is 42.1 Å². The van der Waals surface area contributed by atoms with Crippen LogP contribution in [0, 0.1) is 0 Å². The number of carbonyl (C=O) groups excluding carboxylic acids is 1. The molecule has 14 heavy (non-hydrogen) atoms. The van der Waals surface area contributed by atoms with Crippen LogP contribution in [0.2, 0.25) is 0 Å². The first-order chi connectivity index (χ1) is 6.38. The first-order valence-corrected chi connectivity index (χ1v) is 5.19. The quantitative estimate of drug-likeness (QED) is 0.606. The zero-order valence-corrected chi connectivity index (χ0v) is 9.55. The minimum absolute atomic E-state index is 0.0471. The Labute approximate surface area is 86.0 Å². The third kappa shape index (κ3) is 3.54. The lowest BCUT2D eigenvalue weighted by Crippen LogP contribution is -2.56. The molecule has 1 aliphatic rings. The minimum Gasteiger partial charge on any atom is -0.333 e. The number of piperazine rings is 1. The second-order valence-electron chi connectivity index (χ2n) is 4.98. The van der Waals surface area contributed by atoms with Gasteiger partial charge < -0.3 is 15.5 Å². The lowest BCUT2D eigenvalue weighted by Gasteiger charge is -2.34. The molecule has 1 saturated heterocycles. The summed E-state index contributed by atoms with van der Waals surface area (Å²) >= 11 is 0. The standard InChI is InChI=1S/C10H21N3O/c1-8-7-13(6-5-11-8)9(14)12-10(2,3)4/h8,11H,5-7H2,1-4H3,(H,12,14). The van der Waals surface area contributed by atoms with Crippen molar-refractivity contribution in [2.45, 2.75) is 39.3 Å². The molecule has 0 bridgehead atoms. The highest BCUT2D eigenvalue weighted by Crippen LogP contribution is 2.03. The Balaban J connectivity index is 2.44. The Morgan fingerprint density at radius 3 is 2.64 bits per heavy atom. The Bertz CT molecular complexity index is 210. The minimum atomic E-state index is -0.148. The van der Waals surface area contributed by atoms with Crippen LogP contribution in [0.1, 0.15) is 27.7 Å². The van der Waals surface area contributed by atoms with Crippen molar-refractivity contribution in [3.8, 4) is 0 Å². The molecule has 2 N–H and O–H groups in total. The van der Waals surface area contributed by atoms with Crippen molar-refractivity contribution < 1.29 is 4.79 Å². The average Bonchev–Trinajstić information content (AvgIpc) is 2.01. The zero-order valence-electron chi connectivity index (χ0n) is 9.55. The van der Waals surface area contributed by atoms with E-state index in [0.717, 1.165) is 19.6 Å². The maximum absolute atomic E-state index is 11.7. The summed E-state index contributed by atoms with van der Waals surface area (Å²) in [5.41, 5.74) is -0.148. The monoisotopic (exact) mass is 199 g/mol. The number of rotatable bonds is 0. The van der Waals surface area contributed by atoms with Crippen molar-refractivity contribution in [2.24, 2.45) is 0 Å². The molecule has 2 amide bonds. The van der Waals surface area contributed by atoms with Crippen molar-refractivity contribution in [2.75, 3.05) is 19.6 Å². The molecular formula is C10H21N3O. The zero-order chi connectivity index (χ0) is 10.8. The number of hydrogen-bond donors (Lipinski definition) is 2. The molecule has 0 aromatic carbocycles. The van der Waals surface area contributed by atoms with E-state index in [-0.39, 0.29) is 11.6 Å². The molecule has 1 heterocycles. The van der Waals surface area contributed by atoms with Gasteiger partial charge in [0.05, 0.1) is 0 Å². The summed E-state index contributed by atoms with van der Waals surface area (Å²) in [6.07, 6.45) is 0. The van der Waals surface area contributed by atoms with Crippen LogP contribution in [-0.2, 0) is 0 Å². The van der Waals surface area contributed by atoms with Crippen LogP contribution >= 0.6 is 0 Å². The van der Waals surface area contributed by atoms with Gasteiger partial charge in [0.1, 0.15) is 0 Å². The fourth-order valence-electron chi connectivity index (χ4n) is 1.52. The molecule has 82 valence electrons. The second-order valence-corrected chi connectivity index (χ2v) is 4.98. The van der Waals surface area contributed by atoms with Gasteiger partial charge in [0.2, 0.25) is 0 Å². The van der Waals surface area contributed by atoms with Crippen LogP contribution in [0.5, 0.6) is 0 Å². The van der Waals surface area contributed by atoms with Crippen molar-refractivity contribution in [1.82, 2.24) is 15.5 Å². The molecule has 4 heteroatoms. The predicted octanol–water partition coefficient (Wildman–Crippen LogP) is 0.788. The number of nitrogens with one attached hydrogen (secondary N) is 2. The van der Waals surface area contributed by atoms with E-state index in [1.54, 1.807) is 0 Å². The summed E-state index contributed by atoms with van der Waals surface area (Å²) in [5, 5.41) is 6.28. The highest BCUT2D eigenvalue weighted by Gasteiger charge is 2.23. The molecule has 1 fully saturated rings. The summed E-state index contributed by atoms with van der Waals surface area (Å²) < 4.78 is 0. The van der Waals surface area contributed by atoms with Crippen molar-refractivity contribution in [1.29, 1.82) is 0 Å². The smallest absolute Gasteiger partial charge is 0.317 e. The van der Waals surface area contributed by atoms with Gasteiger partial charge in [-0.25, -0.2) is 4.79 Å². The van der Waals surface area contributed by atoms with Gasteiger partial charge >= 0.3 is 6.03 Å². The van der Waals surface area contributed by atoms with Crippen molar-refractivity contribution >= 4 is 6.03 Å². The highest BCUT2D eigenvalue weighted by atomic mass is 16.2. The average molecular weight is 199 g/mol. The number of nitrogens with zero attached hydrogens (tertiary/aromatic N) is 1. The first-order valence-electron chi connectivity index (χ1n) is 5.19. The third-order valence-electron chi connectivity index (χ3n) is 2.14. The van der Waals surface area contributed by atoms with Crippen LogP contribution < -0.4 is 10.6 Å². The molecule has 0 saturated carbocycles. The van der Waals surface area contributed by atoms with Crippen LogP contribution in [0.4, 0.5) is 4.79 Å². The van der Waals surface area contributed by atoms with Gasteiger partial charge in [0.15, 0.2) is 0 Å². The van der Waals surface area contributed by atoms with Gasteiger partial charge in [-0.2, -0.15) is 0 Å². The van der Waals surface area contributed by atoms with Gasteiger partial charge in [-0.15, -0.1) is 0 Å². The van der Waals surface area contributed by atoms with E-state index in [1.807, 2.05) is 25.7 Å². The molecule has 4 nitrogen and oxygen atoms in total. The first kappa shape index (κ1) is 11.3. The Hall–Kier alpha value is -0.770. The van der Waals surface area contributed by atoms with E-state index >= 15 is 0 Å². The Kier molecular flexibility index (Phi) is 3.37. The molecule has 0 aliphatic carbocycles. The van der Waals surface area contributed by atoms with Gasteiger partial charge in [0.25, 0.3) is 0 Å². The molecule has 0 aromatic heterocycles. The fraction of sp³-hybridized carbons (Fsp3) is 0.900. The van der Waals surface area contributed by atoms with E-state index in [0.29, 0.717) is 6.04 Å². The Morgan fingerprint density at radius 1 is 1.50 bits per heavy atom. The van der Waals surface area contributed by atoms with E-state index in [2.05, 4.69) is 17.6 Å². The van der Waals surface area contributed by atoms with Crippen LogP contribution in [0.25, 0.3) is 0 Å². The summed E-state index contributed by atoms with van der Waals surface area (Å²) in [6, 6.07) is 0.445. The molecular weight excluding hydrogens is 178 g/mol. The van der Waals surface area contributed by atoms with Crippen molar-refractivity contribution in [3.63, 3.8) is 0 Å². The van der Waals surface area contributed by atoms with Gasteiger partial charge in [-0.05, 0) is 27.7 Å². The van der Waals surface area contributed by atoms with E-state index in [9.17, 15) is 4.79 Å². The second kappa shape index (κ2) is 4.17. The lowest BCUT2D eigenvalue weighted by atomic mass is 10.1. The van der Waals surface area contributed by atoms with E-state index < -0.39 is 0 Å². The maximum Gasteiger partial charge on any atom is 0.317 e. The molecule has 0 radical (unpaired) electrons. The summed E-state index contributed by atoms with van der Waals surface area (Å²) in [7, 11) is 0. The van der Waals surface area contributed by atoms with E-state index in [4.69, 9.17) is 0 Å². The molecule has 0 aromatic rings. The molecule has 1 atom stereocenters. The third-order valence-corrected chi connectivity index (χ3v) is 2.14. The number of carbonyl (C=O) groups is 1. The van der Waals surface area contributed by atoms with Crippen LogP contribution in [0.3, 0.4) is 0 Å².